The highest BCUT2D eigenvalue weighted by atomic mass is 16.5. The van der Waals surface area contributed by atoms with E-state index in [1.165, 1.54) is 12.1 Å². The van der Waals surface area contributed by atoms with Gasteiger partial charge in [0.1, 0.15) is 11.5 Å². The molecule has 0 unspecified atom stereocenters. The Labute approximate surface area is 139 Å². The average molecular weight is 327 g/mol. The fraction of sp³-hybridized carbons (Fsp3) is 0.222. The number of amides is 1. The van der Waals surface area contributed by atoms with Gasteiger partial charge in [-0.1, -0.05) is 12.1 Å². The molecule has 6 nitrogen and oxygen atoms in total. The zero-order valence-corrected chi connectivity index (χ0v) is 13.4. The van der Waals surface area contributed by atoms with E-state index in [9.17, 15) is 14.7 Å². The lowest BCUT2D eigenvalue weighted by molar-refractivity contribution is -0.125. The van der Waals surface area contributed by atoms with Gasteiger partial charge >= 0.3 is 5.97 Å². The number of nitrogens with zero attached hydrogens (tertiary/aromatic N) is 1. The first-order valence-electron chi connectivity index (χ1n) is 7.48. The van der Waals surface area contributed by atoms with Gasteiger partial charge in [0.2, 0.25) is 0 Å². The second kappa shape index (κ2) is 6.23. The topological polar surface area (TPSA) is 76.1 Å². The van der Waals surface area contributed by atoms with Crippen molar-refractivity contribution in [3.05, 3.63) is 53.6 Å². The van der Waals surface area contributed by atoms with E-state index in [1.807, 2.05) is 24.3 Å². The Bertz CT molecular complexity index is 784. The second-order valence-electron chi connectivity index (χ2n) is 5.52. The van der Waals surface area contributed by atoms with Gasteiger partial charge in [0, 0.05) is 0 Å². The Morgan fingerprint density at radius 1 is 1.25 bits per heavy atom. The molecule has 0 spiro atoms. The molecule has 3 rings (SSSR count). The molecule has 1 amide bonds. The van der Waals surface area contributed by atoms with Crippen molar-refractivity contribution in [1.29, 1.82) is 0 Å². The zero-order chi connectivity index (χ0) is 17.3. The van der Waals surface area contributed by atoms with Crippen LogP contribution in [-0.4, -0.2) is 30.2 Å². The molecule has 6 heteroatoms. The van der Waals surface area contributed by atoms with Crippen molar-refractivity contribution in [1.82, 2.24) is 0 Å². The van der Waals surface area contributed by atoms with Crippen LogP contribution in [0.15, 0.2) is 42.5 Å². The number of benzene rings is 2. The first-order valence-corrected chi connectivity index (χ1v) is 7.48. The summed E-state index contributed by atoms with van der Waals surface area (Å²) in [6.45, 7) is 2.00. The first kappa shape index (κ1) is 15.9. The number of ether oxygens (including phenoxy) is 2. The summed E-state index contributed by atoms with van der Waals surface area (Å²) in [4.78, 5) is 25.3. The lowest BCUT2D eigenvalue weighted by Crippen LogP contribution is -2.44. The van der Waals surface area contributed by atoms with Crippen LogP contribution in [0.4, 0.5) is 5.69 Å². The Morgan fingerprint density at radius 3 is 2.58 bits per heavy atom. The summed E-state index contributed by atoms with van der Waals surface area (Å²) in [6, 6.07) is 11.9. The standard InChI is InChI=1S/C18H17NO5/c1-11-17(20)19(10-12-3-6-14(23-2)7-4-12)15-9-13(18(21)22)5-8-16(15)24-11/h3-9,11H,10H2,1-2H3,(H,21,22)/t11-/m1/s1. The lowest BCUT2D eigenvalue weighted by atomic mass is 10.1. The van der Waals surface area contributed by atoms with E-state index in [0.29, 0.717) is 18.0 Å². The quantitative estimate of drug-likeness (QED) is 0.934. The normalized spacial score (nSPS) is 16.3. The van der Waals surface area contributed by atoms with E-state index in [0.717, 1.165) is 11.3 Å². The maximum atomic E-state index is 12.5. The maximum Gasteiger partial charge on any atom is 0.335 e. The van der Waals surface area contributed by atoms with Crippen molar-refractivity contribution in [3.8, 4) is 11.5 Å². The van der Waals surface area contributed by atoms with Gasteiger partial charge in [0.25, 0.3) is 5.91 Å². The molecule has 0 aromatic heterocycles. The summed E-state index contributed by atoms with van der Waals surface area (Å²) in [7, 11) is 1.59. The number of carbonyl (C=O) groups is 2. The minimum Gasteiger partial charge on any atom is -0.497 e. The summed E-state index contributed by atoms with van der Waals surface area (Å²) >= 11 is 0. The average Bonchev–Trinajstić information content (AvgIpc) is 2.59. The Balaban J connectivity index is 1.97. The monoisotopic (exact) mass is 327 g/mol. The van der Waals surface area contributed by atoms with E-state index in [4.69, 9.17) is 9.47 Å². The number of carbonyl (C=O) groups excluding carboxylic acids is 1. The Morgan fingerprint density at radius 2 is 1.96 bits per heavy atom. The predicted molar refractivity (Wildman–Crippen MR) is 87.7 cm³/mol. The van der Waals surface area contributed by atoms with Gasteiger partial charge in [0.15, 0.2) is 6.10 Å². The van der Waals surface area contributed by atoms with Crippen LogP contribution >= 0.6 is 0 Å². The molecule has 0 saturated heterocycles. The molecule has 0 saturated carbocycles. The molecule has 0 radical (unpaired) electrons. The molecule has 24 heavy (non-hydrogen) atoms. The van der Waals surface area contributed by atoms with Gasteiger partial charge in [-0.3, -0.25) is 4.79 Å². The number of carboxylic acid groups (broad SMARTS) is 1. The zero-order valence-electron chi connectivity index (χ0n) is 13.4. The summed E-state index contributed by atoms with van der Waals surface area (Å²) in [5.74, 6) is -0.0243. The van der Waals surface area contributed by atoms with E-state index < -0.39 is 12.1 Å². The molecule has 1 aliphatic heterocycles. The Kier molecular flexibility index (Phi) is 4.12. The molecule has 1 N–H and O–H groups in total. The highest BCUT2D eigenvalue weighted by Crippen LogP contribution is 2.36. The van der Waals surface area contributed by atoms with Crippen molar-refractivity contribution in [2.24, 2.45) is 0 Å². The maximum absolute atomic E-state index is 12.5. The van der Waals surface area contributed by atoms with Gasteiger partial charge in [0.05, 0.1) is 24.9 Å². The van der Waals surface area contributed by atoms with Gasteiger partial charge in [-0.05, 0) is 42.8 Å². The van der Waals surface area contributed by atoms with Crippen LogP contribution in [0.3, 0.4) is 0 Å². The molecule has 124 valence electrons. The largest absolute Gasteiger partial charge is 0.497 e. The molecule has 0 fully saturated rings. The van der Waals surface area contributed by atoms with Crippen molar-refractivity contribution in [3.63, 3.8) is 0 Å². The molecular weight excluding hydrogens is 310 g/mol. The van der Waals surface area contributed by atoms with Crippen LogP contribution in [0, 0.1) is 0 Å². The van der Waals surface area contributed by atoms with Gasteiger partial charge in [-0.2, -0.15) is 0 Å². The van der Waals surface area contributed by atoms with E-state index in [1.54, 1.807) is 25.0 Å². The van der Waals surface area contributed by atoms with Gasteiger partial charge in [-0.25, -0.2) is 4.79 Å². The molecule has 0 bridgehead atoms. The highest BCUT2D eigenvalue weighted by Gasteiger charge is 2.32. The van der Waals surface area contributed by atoms with Crippen LogP contribution < -0.4 is 14.4 Å². The summed E-state index contributed by atoms with van der Waals surface area (Å²) < 4.78 is 10.7. The van der Waals surface area contributed by atoms with E-state index in [2.05, 4.69) is 0 Å². The number of anilines is 1. The SMILES string of the molecule is COc1ccc(CN2C(=O)[C@@H](C)Oc3ccc(C(=O)O)cc32)cc1. The van der Waals surface area contributed by atoms with Crippen molar-refractivity contribution in [2.75, 3.05) is 12.0 Å². The van der Waals surface area contributed by atoms with Crippen LogP contribution in [0.1, 0.15) is 22.8 Å². The molecule has 1 aliphatic rings. The third kappa shape index (κ3) is 2.90. The van der Waals surface area contributed by atoms with Crippen LogP contribution in [0.2, 0.25) is 0 Å². The summed E-state index contributed by atoms with van der Waals surface area (Å²) in [6.07, 6.45) is -0.619. The second-order valence-corrected chi connectivity index (χ2v) is 5.52. The van der Waals surface area contributed by atoms with Crippen LogP contribution in [0.25, 0.3) is 0 Å². The van der Waals surface area contributed by atoms with Gasteiger partial charge < -0.3 is 19.5 Å². The first-order chi connectivity index (χ1) is 11.5. The minimum absolute atomic E-state index is 0.111. The summed E-state index contributed by atoms with van der Waals surface area (Å²) in [5, 5.41) is 9.18. The van der Waals surface area contributed by atoms with Crippen LogP contribution in [-0.2, 0) is 11.3 Å². The Hall–Kier alpha value is -3.02. The number of carboxylic acids is 1. The number of fused-ring (bicyclic) bond motifs is 1. The number of methoxy groups -OCH3 is 1. The third-order valence-electron chi connectivity index (χ3n) is 3.91. The minimum atomic E-state index is -1.05. The summed E-state index contributed by atoms with van der Waals surface area (Å²) in [5.41, 5.74) is 1.48. The smallest absolute Gasteiger partial charge is 0.335 e. The van der Waals surface area contributed by atoms with Crippen molar-refractivity contribution < 1.29 is 24.2 Å². The van der Waals surface area contributed by atoms with E-state index >= 15 is 0 Å². The molecule has 1 atom stereocenters. The fourth-order valence-corrected chi connectivity index (χ4v) is 2.62. The highest BCUT2D eigenvalue weighted by molar-refractivity contribution is 6.01. The number of aromatic carboxylic acids is 1. The van der Waals surface area contributed by atoms with Crippen LogP contribution in [0.5, 0.6) is 11.5 Å². The lowest BCUT2D eigenvalue weighted by Gasteiger charge is -2.33. The molecule has 2 aromatic rings. The molecule has 0 aliphatic carbocycles. The fourth-order valence-electron chi connectivity index (χ4n) is 2.62. The molecular formula is C18H17NO5. The predicted octanol–water partition coefficient (Wildman–Crippen LogP) is 2.71. The molecule has 1 heterocycles. The number of rotatable bonds is 4. The number of hydrogen-bond acceptors (Lipinski definition) is 4. The third-order valence-corrected chi connectivity index (χ3v) is 3.91. The van der Waals surface area contributed by atoms with E-state index in [-0.39, 0.29) is 11.5 Å². The van der Waals surface area contributed by atoms with Crippen molar-refractivity contribution in [2.45, 2.75) is 19.6 Å². The molecule has 2 aromatic carbocycles. The van der Waals surface area contributed by atoms with Gasteiger partial charge in [-0.15, -0.1) is 0 Å². The van der Waals surface area contributed by atoms with Crippen molar-refractivity contribution >= 4 is 17.6 Å². The number of hydrogen-bond donors (Lipinski definition) is 1.